The molecule has 3 rings (SSSR count). The molecule has 1 aromatic heterocycles. The van der Waals surface area contributed by atoms with E-state index in [2.05, 4.69) is 26.3 Å². The van der Waals surface area contributed by atoms with Crippen LogP contribution in [0.2, 0.25) is 0 Å². The molecule has 0 unspecified atom stereocenters. The number of rotatable bonds is 3. The maximum Gasteiger partial charge on any atom is 0.280 e. The molecule has 0 fully saturated rings. The molecule has 6 heteroatoms. The summed E-state index contributed by atoms with van der Waals surface area (Å²) in [5.74, 6) is -0.276. The number of carbonyl (C=O) groups is 1. The molecule has 0 radical (unpaired) electrons. The van der Waals surface area contributed by atoms with E-state index in [4.69, 9.17) is 0 Å². The monoisotopic (exact) mass is 357 g/mol. The van der Waals surface area contributed by atoms with Gasteiger partial charge in [0.2, 0.25) is 5.91 Å². The van der Waals surface area contributed by atoms with Crippen LogP contribution in [-0.4, -0.2) is 15.6 Å². The zero-order valence-electron chi connectivity index (χ0n) is 11.5. The predicted molar refractivity (Wildman–Crippen MR) is 88.2 cm³/mol. The van der Waals surface area contributed by atoms with Crippen LogP contribution >= 0.6 is 15.9 Å². The third-order valence-corrected chi connectivity index (χ3v) is 3.72. The third-order valence-electron chi connectivity index (χ3n) is 3.19. The van der Waals surface area contributed by atoms with Crippen LogP contribution in [0.5, 0.6) is 0 Å². The Morgan fingerprint density at radius 1 is 1.14 bits per heavy atom. The Morgan fingerprint density at radius 2 is 1.86 bits per heavy atom. The van der Waals surface area contributed by atoms with E-state index in [1.54, 1.807) is 18.2 Å². The van der Waals surface area contributed by atoms with Crippen LogP contribution in [0.4, 0.5) is 0 Å². The van der Waals surface area contributed by atoms with E-state index in [0.717, 1.165) is 14.7 Å². The zero-order valence-corrected chi connectivity index (χ0v) is 13.1. The van der Waals surface area contributed by atoms with Crippen LogP contribution < -0.4 is 11.0 Å². The van der Waals surface area contributed by atoms with Gasteiger partial charge in [0.15, 0.2) is 0 Å². The van der Waals surface area contributed by atoms with Crippen molar-refractivity contribution < 1.29 is 4.79 Å². The summed E-state index contributed by atoms with van der Waals surface area (Å²) >= 11 is 3.34. The summed E-state index contributed by atoms with van der Waals surface area (Å²) in [6, 6.07) is 14.5. The van der Waals surface area contributed by atoms with Gasteiger partial charge in [0.1, 0.15) is 6.33 Å². The van der Waals surface area contributed by atoms with Crippen molar-refractivity contribution in [2.75, 3.05) is 5.43 Å². The van der Waals surface area contributed by atoms with Gasteiger partial charge in [0.25, 0.3) is 5.56 Å². The summed E-state index contributed by atoms with van der Waals surface area (Å²) in [6.07, 6.45) is 1.51. The first-order valence-corrected chi connectivity index (χ1v) is 7.43. The quantitative estimate of drug-likeness (QED) is 0.782. The summed E-state index contributed by atoms with van der Waals surface area (Å²) in [5.41, 5.74) is 3.73. The Hall–Kier alpha value is -2.47. The molecule has 3 aromatic rings. The molecule has 5 nitrogen and oxygen atoms in total. The fourth-order valence-corrected chi connectivity index (χ4v) is 2.37. The van der Waals surface area contributed by atoms with Crippen LogP contribution in [0.3, 0.4) is 0 Å². The minimum atomic E-state index is -0.297. The van der Waals surface area contributed by atoms with Gasteiger partial charge in [-0.1, -0.05) is 40.2 Å². The minimum Gasteiger partial charge on any atom is -0.273 e. The first-order valence-electron chi connectivity index (χ1n) is 6.64. The van der Waals surface area contributed by atoms with Gasteiger partial charge in [0.05, 0.1) is 17.3 Å². The molecule has 1 heterocycles. The van der Waals surface area contributed by atoms with Gasteiger partial charge in [-0.2, -0.15) is 0 Å². The van der Waals surface area contributed by atoms with Crippen LogP contribution in [-0.2, 0) is 11.2 Å². The fourth-order valence-electron chi connectivity index (χ4n) is 2.11. The summed E-state index contributed by atoms with van der Waals surface area (Å²) in [6.45, 7) is 0. The molecule has 110 valence electrons. The number of fused-ring (bicyclic) bond motifs is 1. The molecule has 0 spiro atoms. The average Bonchev–Trinajstić information content (AvgIpc) is 2.53. The number of halogens is 1. The highest BCUT2D eigenvalue weighted by Gasteiger charge is 2.07. The van der Waals surface area contributed by atoms with Crippen molar-refractivity contribution in [2.45, 2.75) is 6.42 Å². The van der Waals surface area contributed by atoms with Crippen LogP contribution in [0, 0.1) is 0 Å². The van der Waals surface area contributed by atoms with Gasteiger partial charge in [-0.15, -0.1) is 0 Å². The molecule has 0 saturated heterocycles. The van der Waals surface area contributed by atoms with Gasteiger partial charge in [-0.3, -0.25) is 15.0 Å². The van der Waals surface area contributed by atoms with Crippen LogP contribution in [0.1, 0.15) is 5.56 Å². The normalized spacial score (nSPS) is 10.6. The summed E-state index contributed by atoms with van der Waals surface area (Å²) in [7, 11) is 0. The van der Waals surface area contributed by atoms with E-state index >= 15 is 0 Å². The lowest BCUT2D eigenvalue weighted by atomic mass is 10.1. The lowest BCUT2D eigenvalue weighted by molar-refractivity contribution is -0.116. The molecule has 0 aliphatic carbocycles. The molecule has 1 amide bonds. The summed E-state index contributed by atoms with van der Waals surface area (Å²) < 4.78 is 2.07. The Kier molecular flexibility index (Phi) is 4.02. The van der Waals surface area contributed by atoms with E-state index in [0.29, 0.717) is 10.9 Å². The second-order valence-corrected chi connectivity index (χ2v) is 5.69. The topological polar surface area (TPSA) is 64.0 Å². The van der Waals surface area contributed by atoms with Crippen molar-refractivity contribution in [3.8, 4) is 0 Å². The number of benzene rings is 2. The standard InChI is InChI=1S/C16H12BrN3O2/c17-12-7-5-11(6-8-12)9-15(21)19-20-10-18-14-4-2-1-3-13(14)16(20)22/h1-8,10H,9H2,(H,19,21). The van der Waals surface area contributed by atoms with Crippen LogP contribution in [0.15, 0.2) is 64.1 Å². The molecule has 0 bridgehead atoms. The molecule has 0 aliphatic heterocycles. The second-order valence-electron chi connectivity index (χ2n) is 4.78. The third kappa shape index (κ3) is 3.07. The Balaban J connectivity index is 1.81. The van der Waals surface area contributed by atoms with Crippen molar-refractivity contribution in [3.63, 3.8) is 0 Å². The van der Waals surface area contributed by atoms with Crippen molar-refractivity contribution in [2.24, 2.45) is 0 Å². The van der Waals surface area contributed by atoms with E-state index in [9.17, 15) is 9.59 Å². The number of nitrogens with zero attached hydrogens (tertiary/aromatic N) is 2. The fraction of sp³-hybridized carbons (Fsp3) is 0.0625. The van der Waals surface area contributed by atoms with Gasteiger partial charge in [-0.25, -0.2) is 9.66 Å². The zero-order chi connectivity index (χ0) is 15.5. The Labute approximate surface area is 134 Å². The Bertz CT molecular complexity index is 888. The Morgan fingerprint density at radius 3 is 2.64 bits per heavy atom. The lowest BCUT2D eigenvalue weighted by Gasteiger charge is -2.08. The second kappa shape index (κ2) is 6.11. The largest absolute Gasteiger partial charge is 0.280 e. The molecule has 22 heavy (non-hydrogen) atoms. The highest BCUT2D eigenvalue weighted by atomic mass is 79.9. The smallest absolute Gasteiger partial charge is 0.273 e. The van der Waals surface area contributed by atoms with E-state index in [1.807, 2.05) is 30.3 Å². The van der Waals surface area contributed by atoms with Gasteiger partial charge < -0.3 is 0 Å². The summed E-state index contributed by atoms with van der Waals surface area (Å²) in [5, 5.41) is 0.467. The summed E-state index contributed by atoms with van der Waals surface area (Å²) in [4.78, 5) is 28.5. The number of hydrogen-bond donors (Lipinski definition) is 1. The maximum atomic E-state index is 12.3. The van der Waals surface area contributed by atoms with Gasteiger partial charge in [-0.05, 0) is 29.8 Å². The molecule has 2 aromatic carbocycles. The average molecular weight is 358 g/mol. The number of carbonyl (C=O) groups excluding carboxylic acids is 1. The number of amides is 1. The first-order chi connectivity index (χ1) is 10.6. The van der Waals surface area contributed by atoms with Gasteiger partial charge >= 0.3 is 0 Å². The molecular weight excluding hydrogens is 346 g/mol. The molecule has 0 atom stereocenters. The van der Waals surface area contributed by atoms with Crippen molar-refractivity contribution in [1.29, 1.82) is 0 Å². The number of hydrogen-bond acceptors (Lipinski definition) is 3. The van der Waals surface area contributed by atoms with Crippen molar-refractivity contribution in [1.82, 2.24) is 9.66 Å². The maximum absolute atomic E-state index is 12.3. The SMILES string of the molecule is O=C(Cc1ccc(Br)cc1)Nn1cnc2ccccc2c1=O. The highest BCUT2D eigenvalue weighted by molar-refractivity contribution is 9.10. The molecule has 1 N–H and O–H groups in total. The number of aromatic nitrogens is 2. The van der Waals surface area contributed by atoms with E-state index < -0.39 is 0 Å². The molecule has 0 aliphatic rings. The number of nitrogens with one attached hydrogen (secondary N) is 1. The lowest BCUT2D eigenvalue weighted by Crippen LogP contribution is -2.34. The number of para-hydroxylation sites is 1. The first kappa shape index (κ1) is 14.5. The van der Waals surface area contributed by atoms with Crippen molar-refractivity contribution >= 4 is 32.7 Å². The van der Waals surface area contributed by atoms with Crippen molar-refractivity contribution in [3.05, 3.63) is 75.2 Å². The predicted octanol–water partition coefficient (Wildman–Crippen LogP) is 2.47. The molecule has 0 saturated carbocycles. The van der Waals surface area contributed by atoms with E-state index in [-0.39, 0.29) is 17.9 Å². The minimum absolute atomic E-state index is 0.187. The highest BCUT2D eigenvalue weighted by Crippen LogP contribution is 2.11. The van der Waals surface area contributed by atoms with Crippen LogP contribution in [0.25, 0.3) is 10.9 Å². The molecular formula is C16H12BrN3O2. The van der Waals surface area contributed by atoms with E-state index in [1.165, 1.54) is 6.33 Å². The van der Waals surface area contributed by atoms with Gasteiger partial charge in [0, 0.05) is 4.47 Å².